The van der Waals surface area contributed by atoms with Gasteiger partial charge >= 0.3 is 0 Å². The van der Waals surface area contributed by atoms with Crippen LogP contribution in [0.15, 0.2) is 0 Å². The highest BCUT2D eigenvalue weighted by molar-refractivity contribution is 7.80. The lowest BCUT2D eigenvalue weighted by Gasteiger charge is -2.22. The lowest BCUT2D eigenvalue weighted by molar-refractivity contribution is -0.867. The lowest BCUT2D eigenvalue weighted by atomic mass is 10.6. The van der Waals surface area contributed by atoms with Gasteiger partial charge < -0.3 is 22.0 Å². The highest BCUT2D eigenvalue weighted by Gasteiger charge is 2.01. The van der Waals surface area contributed by atoms with Crippen molar-refractivity contribution in [2.45, 2.75) is 6.92 Å². The van der Waals surface area contributed by atoms with Crippen molar-refractivity contribution in [2.75, 3.05) is 33.4 Å². The molecule has 1 N–H and O–H groups in total. The molecular formula is C7H18ClNO2S. The topological polar surface area (TPSA) is 37.3 Å². The molecule has 0 amide bonds. The molecule has 0 radical (unpaired) electrons. The monoisotopic (exact) mass is 215 g/mol. The summed E-state index contributed by atoms with van der Waals surface area (Å²) in [5.41, 5.74) is 0. The van der Waals surface area contributed by atoms with Crippen molar-refractivity contribution in [3.63, 3.8) is 0 Å². The fourth-order valence-corrected chi connectivity index (χ4v) is 0.900. The molecule has 0 rings (SSSR count). The van der Waals surface area contributed by atoms with Crippen LogP contribution >= 0.6 is 12.6 Å². The predicted octanol–water partition coefficient (Wildman–Crippen LogP) is -2.28. The van der Waals surface area contributed by atoms with E-state index < -0.39 is 5.97 Å². The number of rotatable bonds is 2. The van der Waals surface area contributed by atoms with E-state index in [0.717, 1.165) is 23.7 Å². The van der Waals surface area contributed by atoms with E-state index in [1.54, 1.807) is 0 Å². The van der Waals surface area contributed by atoms with Gasteiger partial charge in [0.1, 0.15) is 0 Å². The van der Waals surface area contributed by atoms with Crippen LogP contribution < -0.4 is 12.4 Å². The summed E-state index contributed by atoms with van der Waals surface area (Å²) in [5, 5.41) is 7.42. The van der Waals surface area contributed by atoms with E-state index in [9.17, 15) is 0 Å². The van der Waals surface area contributed by atoms with Crippen molar-refractivity contribution in [1.29, 1.82) is 0 Å². The maximum Gasteiger partial charge on any atom is 0.300 e. The van der Waals surface area contributed by atoms with E-state index in [1.165, 1.54) is 0 Å². The molecule has 0 aliphatic rings. The van der Waals surface area contributed by atoms with Crippen molar-refractivity contribution in [3.8, 4) is 0 Å². The number of aliphatic carboxylic acids is 1. The van der Waals surface area contributed by atoms with Gasteiger partial charge in [-0.05, 0) is 0 Å². The van der Waals surface area contributed by atoms with Crippen LogP contribution in [0.4, 0.5) is 0 Å². The lowest BCUT2D eigenvalue weighted by Crippen LogP contribution is -3.00. The van der Waals surface area contributed by atoms with E-state index in [0.29, 0.717) is 0 Å². The zero-order chi connectivity index (χ0) is 9.49. The molecule has 0 heterocycles. The van der Waals surface area contributed by atoms with E-state index in [4.69, 9.17) is 9.90 Å². The molecule has 0 aromatic carbocycles. The Labute approximate surface area is 86.2 Å². The normalized spacial score (nSPS) is 9.08. The predicted molar refractivity (Wildman–Crippen MR) is 50.1 cm³/mol. The van der Waals surface area contributed by atoms with Crippen molar-refractivity contribution in [1.82, 2.24) is 0 Å². The molecule has 5 heteroatoms. The Hall–Kier alpha value is 0.0700. The highest BCUT2D eigenvalue weighted by Crippen LogP contribution is 1.88. The molecule has 0 aliphatic carbocycles. The maximum absolute atomic E-state index is 9.00. The first kappa shape index (κ1) is 18.0. The summed E-state index contributed by atoms with van der Waals surface area (Å²) in [7, 11) is 6.49. The molecule has 76 valence electrons. The first-order valence-corrected chi connectivity index (χ1v) is 4.03. The summed E-state index contributed by atoms with van der Waals surface area (Å²) in [6.45, 7) is 2.23. The molecule has 0 fully saturated rings. The molecule has 0 aromatic heterocycles. The second-order valence-electron chi connectivity index (χ2n) is 3.26. The molecule has 0 atom stereocenters. The minimum Gasteiger partial charge on any atom is -1.00 e. The average molecular weight is 216 g/mol. The van der Waals surface area contributed by atoms with Gasteiger partial charge in [-0.25, -0.2) is 0 Å². The third-order valence-corrected chi connectivity index (χ3v) is 0.971. The maximum atomic E-state index is 9.00. The third-order valence-electron chi connectivity index (χ3n) is 0.771. The Morgan fingerprint density at radius 2 is 1.67 bits per heavy atom. The van der Waals surface area contributed by atoms with Crippen molar-refractivity contribution in [3.05, 3.63) is 0 Å². The van der Waals surface area contributed by atoms with Gasteiger partial charge in [0.25, 0.3) is 5.97 Å². The van der Waals surface area contributed by atoms with Gasteiger partial charge in [0, 0.05) is 12.7 Å². The van der Waals surface area contributed by atoms with Crippen molar-refractivity contribution in [2.24, 2.45) is 0 Å². The Morgan fingerprint density at radius 1 is 1.42 bits per heavy atom. The molecule has 3 nitrogen and oxygen atoms in total. The van der Waals surface area contributed by atoms with Crippen LogP contribution in [0.3, 0.4) is 0 Å². The SMILES string of the molecule is CC(=O)O.C[N+](C)(C)CCS.[Cl-]. The minimum atomic E-state index is -0.833. The summed E-state index contributed by atoms with van der Waals surface area (Å²) in [6, 6.07) is 0. The Bertz CT molecular complexity index is 110. The van der Waals surface area contributed by atoms with Gasteiger partial charge in [0.05, 0.1) is 27.7 Å². The number of thiol groups is 1. The second-order valence-corrected chi connectivity index (χ2v) is 3.70. The van der Waals surface area contributed by atoms with Crippen LogP contribution in [0.1, 0.15) is 6.92 Å². The van der Waals surface area contributed by atoms with Crippen LogP contribution in [0, 0.1) is 0 Å². The number of hydrogen-bond acceptors (Lipinski definition) is 2. The number of quaternary nitrogens is 1. The summed E-state index contributed by atoms with van der Waals surface area (Å²) >= 11 is 4.10. The molecule has 0 aromatic rings. The van der Waals surface area contributed by atoms with Gasteiger partial charge in [-0.1, -0.05) is 0 Å². The molecule has 0 spiro atoms. The zero-order valence-electron chi connectivity index (χ0n) is 8.04. The van der Waals surface area contributed by atoms with Crippen LogP contribution in [-0.4, -0.2) is 49.0 Å². The van der Waals surface area contributed by atoms with E-state index in [2.05, 4.69) is 33.8 Å². The molecule has 0 unspecified atom stereocenters. The smallest absolute Gasteiger partial charge is 0.300 e. The molecular weight excluding hydrogens is 198 g/mol. The fraction of sp³-hybridized carbons (Fsp3) is 0.857. The minimum absolute atomic E-state index is 0. The Morgan fingerprint density at radius 3 is 1.67 bits per heavy atom. The van der Waals surface area contributed by atoms with E-state index in [1.807, 2.05) is 0 Å². The number of carboxylic acids is 1. The van der Waals surface area contributed by atoms with Crippen LogP contribution in [0.2, 0.25) is 0 Å². The van der Waals surface area contributed by atoms with Crippen LogP contribution in [0.5, 0.6) is 0 Å². The first-order chi connectivity index (χ1) is 4.79. The molecule has 0 saturated heterocycles. The second kappa shape index (κ2) is 9.16. The van der Waals surface area contributed by atoms with Crippen LogP contribution in [-0.2, 0) is 4.79 Å². The van der Waals surface area contributed by atoms with Crippen molar-refractivity contribution < 1.29 is 26.8 Å². The average Bonchev–Trinajstić information content (AvgIpc) is 1.58. The van der Waals surface area contributed by atoms with E-state index >= 15 is 0 Å². The van der Waals surface area contributed by atoms with E-state index in [-0.39, 0.29) is 12.4 Å². The molecule has 0 saturated carbocycles. The number of carbonyl (C=O) groups is 1. The summed E-state index contributed by atoms with van der Waals surface area (Å²) < 4.78 is 1.02. The Balaban J connectivity index is -0.000000142. The van der Waals surface area contributed by atoms with Gasteiger partial charge in [-0.2, -0.15) is 12.6 Å². The van der Waals surface area contributed by atoms with Crippen molar-refractivity contribution >= 4 is 18.6 Å². The standard InChI is InChI=1S/C5H13NS.C2H4O2.ClH/c1-6(2,3)4-5-7;1-2(3)4;/h4-5H2,1-3H3;1H3,(H,3,4);1H. The molecule has 0 aliphatic heterocycles. The molecule has 0 bridgehead atoms. The first-order valence-electron chi connectivity index (χ1n) is 3.40. The van der Waals surface area contributed by atoms with Gasteiger partial charge in [-0.15, -0.1) is 0 Å². The zero-order valence-corrected chi connectivity index (χ0v) is 9.69. The number of halogens is 1. The third kappa shape index (κ3) is 50.0. The van der Waals surface area contributed by atoms with Gasteiger partial charge in [-0.3, -0.25) is 4.79 Å². The quantitative estimate of drug-likeness (QED) is 0.402. The number of nitrogens with zero attached hydrogens (tertiary/aromatic N) is 1. The number of hydrogen-bond donors (Lipinski definition) is 2. The highest BCUT2D eigenvalue weighted by atomic mass is 35.5. The summed E-state index contributed by atoms with van der Waals surface area (Å²) in [4.78, 5) is 9.00. The largest absolute Gasteiger partial charge is 1.00 e. The summed E-state index contributed by atoms with van der Waals surface area (Å²) in [5.74, 6) is 0.142. The summed E-state index contributed by atoms with van der Waals surface area (Å²) in [6.07, 6.45) is 0. The molecule has 12 heavy (non-hydrogen) atoms. The van der Waals surface area contributed by atoms with Crippen LogP contribution in [0.25, 0.3) is 0 Å². The van der Waals surface area contributed by atoms with Gasteiger partial charge in [0.2, 0.25) is 0 Å². The fourth-order valence-electron chi connectivity index (χ4n) is 0.300. The van der Waals surface area contributed by atoms with Gasteiger partial charge in [0.15, 0.2) is 0 Å². The Kier molecular flexibility index (Phi) is 13.7. The number of carboxylic acid groups (broad SMARTS) is 1.